The second-order valence-electron chi connectivity index (χ2n) is 5.57. The van der Waals surface area contributed by atoms with Gasteiger partial charge in [-0.3, -0.25) is 9.67 Å². The van der Waals surface area contributed by atoms with Crippen LogP contribution < -0.4 is 4.72 Å². The minimum atomic E-state index is -3.79. The number of pyridine rings is 1. The fourth-order valence-corrected chi connectivity index (χ4v) is 3.66. The lowest BCUT2D eigenvalue weighted by Crippen LogP contribution is -2.23. The highest BCUT2D eigenvalue weighted by molar-refractivity contribution is 7.89. The Balaban J connectivity index is 1.56. The van der Waals surface area contributed by atoms with Crippen LogP contribution in [0.4, 0.5) is 0 Å². The molecule has 132 valence electrons. The molecule has 0 saturated heterocycles. The van der Waals surface area contributed by atoms with E-state index in [9.17, 15) is 8.42 Å². The van der Waals surface area contributed by atoms with Crippen molar-refractivity contribution < 1.29 is 12.9 Å². The molecule has 0 saturated carbocycles. The van der Waals surface area contributed by atoms with E-state index < -0.39 is 10.0 Å². The molecule has 0 aliphatic carbocycles. The summed E-state index contributed by atoms with van der Waals surface area (Å²) in [6, 6.07) is 8.54. The lowest BCUT2D eigenvalue weighted by molar-refractivity contribution is 0.376. The van der Waals surface area contributed by atoms with Gasteiger partial charge < -0.3 is 4.52 Å². The van der Waals surface area contributed by atoms with Gasteiger partial charge in [0, 0.05) is 24.8 Å². The molecule has 3 aromatic heterocycles. The SMILES string of the molecule is Cn1cc(-c2noc(CNS(=O)(=O)c3cccc4cccnc34)n2)cn1. The highest BCUT2D eigenvalue weighted by atomic mass is 32.2. The molecule has 0 unspecified atom stereocenters. The van der Waals surface area contributed by atoms with Crippen molar-refractivity contribution in [1.82, 2.24) is 29.6 Å². The van der Waals surface area contributed by atoms with Crippen molar-refractivity contribution >= 4 is 20.9 Å². The molecule has 3 heterocycles. The van der Waals surface area contributed by atoms with Gasteiger partial charge in [-0.25, -0.2) is 13.1 Å². The first-order valence-corrected chi connectivity index (χ1v) is 9.16. The summed E-state index contributed by atoms with van der Waals surface area (Å²) in [5.41, 5.74) is 1.09. The lowest BCUT2D eigenvalue weighted by atomic mass is 10.2. The zero-order valence-electron chi connectivity index (χ0n) is 13.7. The zero-order chi connectivity index (χ0) is 18.1. The van der Waals surface area contributed by atoms with Crippen LogP contribution in [0.3, 0.4) is 0 Å². The highest BCUT2D eigenvalue weighted by Crippen LogP contribution is 2.21. The summed E-state index contributed by atoms with van der Waals surface area (Å²) in [5.74, 6) is 0.500. The molecular formula is C16H14N6O3S. The van der Waals surface area contributed by atoms with Crippen LogP contribution in [0.15, 0.2) is 58.3 Å². The van der Waals surface area contributed by atoms with Gasteiger partial charge in [0.15, 0.2) is 0 Å². The third kappa shape index (κ3) is 3.07. The van der Waals surface area contributed by atoms with Crippen molar-refractivity contribution in [2.45, 2.75) is 11.4 Å². The summed E-state index contributed by atoms with van der Waals surface area (Å²) in [7, 11) is -2.02. The minimum absolute atomic E-state index is 0.0996. The Morgan fingerprint density at radius 1 is 1.23 bits per heavy atom. The Kier molecular flexibility index (Phi) is 3.98. The van der Waals surface area contributed by atoms with Gasteiger partial charge in [0.1, 0.15) is 4.90 Å². The summed E-state index contributed by atoms with van der Waals surface area (Å²) in [4.78, 5) is 8.45. The van der Waals surface area contributed by atoms with E-state index in [1.165, 1.54) is 6.07 Å². The average Bonchev–Trinajstić information content (AvgIpc) is 3.28. The van der Waals surface area contributed by atoms with Crippen LogP contribution >= 0.6 is 0 Å². The number of fused-ring (bicyclic) bond motifs is 1. The van der Waals surface area contributed by atoms with Crippen LogP contribution in [-0.4, -0.2) is 33.3 Å². The molecule has 0 atom stereocenters. The summed E-state index contributed by atoms with van der Waals surface area (Å²) in [6.45, 7) is -0.126. The molecule has 0 spiro atoms. The highest BCUT2D eigenvalue weighted by Gasteiger charge is 2.19. The van der Waals surface area contributed by atoms with Gasteiger partial charge in [0.05, 0.1) is 23.8 Å². The molecule has 0 amide bonds. The van der Waals surface area contributed by atoms with E-state index in [1.807, 2.05) is 0 Å². The number of nitrogens with zero attached hydrogens (tertiary/aromatic N) is 5. The number of aryl methyl sites for hydroxylation is 1. The first kappa shape index (κ1) is 16.4. The second kappa shape index (κ2) is 6.32. The lowest BCUT2D eigenvalue weighted by Gasteiger charge is -2.07. The number of aromatic nitrogens is 5. The quantitative estimate of drug-likeness (QED) is 0.566. The van der Waals surface area contributed by atoms with Gasteiger partial charge in [-0.15, -0.1) is 0 Å². The molecular weight excluding hydrogens is 356 g/mol. The Hall–Kier alpha value is -3.11. The summed E-state index contributed by atoms with van der Waals surface area (Å²) in [5, 5.41) is 8.61. The van der Waals surface area contributed by atoms with Crippen LogP contribution in [-0.2, 0) is 23.6 Å². The van der Waals surface area contributed by atoms with E-state index in [2.05, 4.69) is 24.9 Å². The fraction of sp³-hybridized carbons (Fsp3) is 0.125. The first-order chi connectivity index (χ1) is 12.5. The van der Waals surface area contributed by atoms with Crippen molar-refractivity contribution in [3.63, 3.8) is 0 Å². The van der Waals surface area contributed by atoms with Crippen molar-refractivity contribution in [2.75, 3.05) is 0 Å². The van der Waals surface area contributed by atoms with Crippen molar-refractivity contribution in [1.29, 1.82) is 0 Å². The molecule has 0 radical (unpaired) electrons. The van der Waals surface area contributed by atoms with Gasteiger partial charge in [-0.2, -0.15) is 10.1 Å². The van der Waals surface area contributed by atoms with Crippen molar-refractivity contribution in [3.8, 4) is 11.4 Å². The zero-order valence-corrected chi connectivity index (χ0v) is 14.5. The maximum Gasteiger partial charge on any atom is 0.243 e. The number of para-hydroxylation sites is 1. The van der Waals surface area contributed by atoms with E-state index in [1.54, 1.807) is 54.6 Å². The average molecular weight is 370 g/mol. The standard InChI is InChI=1S/C16H14N6O3S/c1-22-10-12(8-18-22)16-20-14(25-21-16)9-19-26(23,24)13-6-2-4-11-5-3-7-17-15(11)13/h2-8,10,19H,9H2,1H3. The smallest absolute Gasteiger partial charge is 0.243 e. The second-order valence-corrected chi connectivity index (χ2v) is 7.31. The molecule has 10 heteroatoms. The van der Waals surface area contributed by atoms with Crippen LogP contribution in [0.1, 0.15) is 5.89 Å². The largest absolute Gasteiger partial charge is 0.338 e. The molecule has 4 rings (SSSR count). The Labute approximate surface area is 148 Å². The summed E-state index contributed by atoms with van der Waals surface area (Å²) in [6.07, 6.45) is 4.89. The molecule has 26 heavy (non-hydrogen) atoms. The molecule has 4 aromatic rings. The van der Waals surface area contributed by atoms with Crippen LogP contribution in [0.2, 0.25) is 0 Å². The molecule has 1 aromatic carbocycles. The maximum absolute atomic E-state index is 12.6. The first-order valence-electron chi connectivity index (χ1n) is 7.68. The molecule has 0 fully saturated rings. The number of hydrogen-bond acceptors (Lipinski definition) is 7. The number of benzene rings is 1. The Morgan fingerprint density at radius 2 is 2.08 bits per heavy atom. The number of rotatable bonds is 5. The maximum atomic E-state index is 12.6. The van der Waals surface area contributed by atoms with Crippen LogP contribution in [0.25, 0.3) is 22.3 Å². The topological polar surface area (TPSA) is 116 Å². The number of nitrogens with one attached hydrogen (secondary N) is 1. The summed E-state index contributed by atoms with van der Waals surface area (Å²) >= 11 is 0. The van der Waals surface area contributed by atoms with Crippen LogP contribution in [0.5, 0.6) is 0 Å². The van der Waals surface area contributed by atoms with E-state index in [0.717, 1.165) is 5.39 Å². The normalized spacial score (nSPS) is 11.9. The van der Waals surface area contributed by atoms with Gasteiger partial charge in [0.2, 0.25) is 21.7 Å². The monoisotopic (exact) mass is 370 g/mol. The van der Waals surface area contributed by atoms with E-state index in [0.29, 0.717) is 16.9 Å². The Bertz CT molecular complexity index is 1180. The van der Waals surface area contributed by atoms with Gasteiger partial charge in [-0.1, -0.05) is 23.4 Å². The van der Waals surface area contributed by atoms with Gasteiger partial charge >= 0.3 is 0 Å². The molecule has 0 bridgehead atoms. The van der Waals surface area contributed by atoms with E-state index in [-0.39, 0.29) is 17.3 Å². The van der Waals surface area contributed by atoms with Crippen molar-refractivity contribution in [2.24, 2.45) is 7.05 Å². The molecule has 1 N–H and O–H groups in total. The third-order valence-corrected chi connectivity index (χ3v) is 5.16. The van der Waals surface area contributed by atoms with Gasteiger partial charge in [0.25, 0.3) is 0 Å². The van der Waals surface area contributed by atoms with Gasteiger partial charge in [-0.05, 0) is 12.1 Å². The van der Waals surface area contributed by atoms with E-state index >= 15 is 0 Å². The molecule has 9 nitrogen and oxygen atoms in total. The third-order valence-electron chi connectivity index (χ3n) is 3.73. The number of sulfonamides is 1. The predicted octanol–water partition coefficient (Wildman–Crippen LogP) is 1.50. The molecule has 0 aliphatic heterocycles. The van der Waals surface area contributed by atoms with Crippen molar-refractivity contribution in [3.05, 3.63) is 54.8 Å². The summed E-state index contributed by atoms with van der Waals surface area (Å²) < 4.78 is 34.5. The predicted molar refractivity (Wildman–Crippen MR) is 92.3 cm³/mol. The van der Waals surface area contributed by atoms with Crippen LogP contribution in [0, 0.1) is 0 Å². The number of hydrogen-bond donors (Lipinski definition) is 1. The minimum Gasteiger partial charge on any atom is -0.338 e. The Morgan fingerprint density at radius 3 is 2.88 bits per heavy atom. The van der Waals surface area contributed by atoms with E-state index in [4.69, 9.17) is 4.52 Å². The fourth-order valence-electron chi connectivity index (χ4n) is 2.51. The molecule has 0 aliphatic rings.